The van der Waals surface area contributed by atoms with E-state index < -0.39 is 5.92 Å². The number of carbonyl (C=O) groups excluding carboxylic acids is 2. The summed E-state index contributed by atoms with van der Waals surface area (Å²) in [5, 5.41) is 3.61. The summed E-state index contributed by atoms with van der Waals surface area (Å²) in [6.45, 7) is 5.72. The summed E-state index contributed by atoms with van der Waals surface area (Å²) >= 11 is 0. The van der Waals surface area contributed by atoms with E-state index in [4.69, 9.17) is 4.42 Å². The summed E-state index contributed by atoms with van der Waals surface area (Å²) in [6.07, 6.45) is 5.91. The summed E-state index contributed by atoms with van der Waals surface area (Å²) in [5.74, 6) is -3.08. The van der Waals surface area contributed by atoms with Crippen molar-refractivity contribution in [3.05, 3.63) is 120 Å². The van der Waals surface area contributed by atoms with Gasteiger partial charge in [-0.15, -0.1) is 0 Å². The van der Waals surface area contributed by atoms with E-state index >= 15 is 0 Å². The maximum absolute atomic E-state index is 13.7. The van der Waals surface area contributed by atoms with Crippen LogP contribution < -0.4 is 5.32 Å². The molecule has 1 N–H and O–H groups in total. The van der Waals surface area contributed by atoms with Gasteiger partial charge >= 0.3 is 0 Å². The Balaban J connectivity index is 1.42. The van der Waals surface area contributed by atoms with Crippen molar-refractivity contribution in [2.24, 2.45) is 0 Å². The molecule has 0 bridgehead atoms. The fourth-order valence-electron chi connectivity index (χ4n) is 5.01. The molecule has 1 aliphatic heterocycles. The molecule has 5 rings (SSSR count). The molecule has 1 fully saturated rings. The molecule has 4 aromatic rings. The number of furan rings is 1. The van der Waals surface area contributed by atoms with Gasteiger partial charge in [0.25, 0.3) is 11.8 Å². The van der Waals surface area contributed by atoms with Gasteiger partial charge in [0.1, 0.15) is 17.2 Å². The van der Waals surface area contributed by atoms with Crippen LogP contribution in [0.3, 0.4) is 0 Å². The zero-order valence-electron chi connectivity index (χ0n) is 23.7. The number of benzene rings is 3. The van der Waals surface area contributed by atoms with Crippen LogP contribution in [0.1, 0.15) is 35.9 Å². The van der Waals surface area contributed by atoms with E-state index in [1.807, 2.05) is 37.3 Å². The fourth-order valence-corrected chi connectivity index (χ4v) is 5.01. The van der Waals surface area contributed by atoms with E-state index in [9.17, 15) is 22.8 Å². The molecule has 43 heavy (non-hydrogen) atoms. The minimum Gasteiger partial charge on any atom is -0.459 e. The number of allylic oxidation sites excluding steroid dienone is 4. The van der Waals surface area contributed by atoms with Crippen LogP contribution in [0.4, 0.5) is 13.2 Å². The smallest absolute Gasteiger partial charge is 0.253 e. The van der Waals surface area contributed by atoms with Crippen molar-refractivity contribution >= 4 is 22.8 Å². The summed E-state index contributed by atoms with van der Waals surface area (Å²) in [6, 6.07) is 18.9. The Morgan fingerprint density at radius 3 is 2.30 bits per heavy atom. The molecule has 5 nitrogen and oxygen atoms in total. The van der Waals surface area contributed by atoms with Crippen LogP contribution in [-0.4, -0.2) is 35.7 Å². The predicted molar refractivity (Wildman–Crippen MR) is 162 cm³/mol. The van der Waals surface area contributed by atoms with Crippen molar-refractivity contribution in [3.63, 3.8) is 0 Å². The number of nitrogens with zero attached hydrogens (tertiary/aromatic N) is 1. The highest BCUT2D eigenvalue weighted by Crippen LogP contribution is 2.36. The molecular weight excluding hydrogens is 553 g/mol. The Morgan fingerprint density at radius 2 is 1.63 bits per heavy atom. The highest BCUT2D eigenvalue weighted by atomic mass is 19.3. The molecule has 0 spiro atoms. The van der Waals surface area contributed by atoms with E-state index in [0.29, 0.717) is 16.9 Å². The molecule has 2 amide bonds. The lowest BCUT2D eigenvalue weighted by Crippen LogP contribution is -2.42. The van der Waals surface area contributed by atoms with Crippen LogP contribution in [0.25, 0.3) is 33.2 Å². The highest BCUT2D eigenvalue weighted by Gasteiger charge is 2.35. The van der Waals surface area contributed by atoms with Gasteiger partial charge in [0, 0.05) is 48.5 Å². The number of hydrogen-bond donors (Lipinski definition) is 1. The number of piperidine rings is 1. The number of likely N-dealkylation sites (tertiary alicyclic amines) is 1. The molecule has 220 valence electrons. The van der Waals surface area contributed by atoms with Crippen molar-refractivity contribution in [2.45, 2.75) is 32.2 Å². The fraction of sp³-hybridized carbons (Fsp3) is 0.200. The molecule has 1 aromatic heterocycles. The summed E-state index contributed by atoms with van der Waals surface area (Å²) < 4.78 is 47.0. The number of carbonyl (C=O) groups is 2. The van der Waals surface area contributed by atoms with Gasteiger partial charge in [-0.2, -0.15) is 0 Å². The second kappa shape index (κ2) is 12.6. The third kappa shape index (κ3) is 7.15. The number of alkyl halides is 2. The van der Waals surface area contributed by atoms with Gasteiger partial charge in [-0.25, -0.2) is 13.2 Å². The molecule has 2 heterocycles. The first-order valence-corrected chi connectivity index (χ1v) is 14.0. The average Bonchev–Trinajstić information content (AvgIpc) is 3.42. The number of halogens is 3. The zero-order valence-corrected chi connectivity index (χ0v) is 23.7. The number of fused-ring (bicyclic) bond motifs is 1. The number of hydrogen-bond acceptors (Lipinski definition) is 3. The third-order valence-electron chi connectivity index (χ3n) is 7.39. The zero-order chi connectivity index (χ0) is 30.6. The maximum atomic E-state index is 13.7. The molecule has 0 saturated carbocycles. The van der Waals surface area contributed by atoms with E-state index in [-0.39, 0.29) is 50.1 Å². The number of rotatable bonds is 8. The van der Waals surface area contributed by atoms with Crippen LogP contribution >= 0.6 is 0 Å². The molecule has 0 radical (unpaired) electrons. The highest BCUT2D eigenvalue weighted by molar-refractivity contribution is 5.98. The Morgan fingerprint density at radius 1 is 0.953 bits per heavy atom. The van der Waals surface area contributed by atoms with Crippen molar-refractivity contribution in [1.82, 2.24) is 10.2 Å². The number of nitrogens with one attached hydrogen (secondary N) is 1. The monoisotopic (exact) mass is 584 g/mol. The Labute approximate surface area is 248 Å². The van der Waals surface area contributed by atoms with Crippen LogP contribution in [0, 0.1) is 5.82 Å². The first-order valence-electron chi connectivity index (χ1n) is 14.0. The summed E-state index contributed by atoms with van der Waals surface area (Å²) in [7, 11) is 0. The maximum Gasteiger partial charge on any atom is 0.253 e. The molecule has 0 atom stereocenters. The molecule has 1 aliphatic rings. The van der Waals surface area contributed by atoms with Gasteiger partial charge in [-0.05, 0) is 66.1 Å². The van der Waals surface area contributed by atoms with E-state index in [1.165, 1.54) is 23.1 Å². The quantitative estimate of drug-likeness (QED) is 0.168. The van der Waals surface area contributed by atoms with Crippen molar-refractivity contribution in [3.8, 4) is 22.3 Å². The van der Waals surface area contributed by atoms with Gasteiger partial charge in [-0.3, -0.25) is 9.59 Å². The van der Waals surface area contributed by atoms with E-state index in [1.54, 1.807) is 42.5 Å². The molecule has 1 saturated heterocycles. The van der Waals surface area contributed by atoms with E-state index in [2.05, 4.69) is 11.9 Å². The Hall–Kier alpha value is -4.85. The van der Waals surface area contributed by atoms with Crippen molar-refractivity contribution in [2.75, 3.05) is 13.1 Å². The van der Waals surface area contributed by atoms with Crippen LogP contribution in [0.5, 0.6) is 0 Å². The molecule has 8 heteroatoms. The van der Waals surface area contributed by atoms with Gasteiger partial charge < -0.3 is 14.6 Å². The molecular formula is C35H31F3N2O3. The van der Waals surface area contributed by atoms with Crippen LogP contribution in [0.15, 0.2) is 108 Å². The standard InChI is InChI=1S/C35H31F3N2O3/c1-3-4-23(2)5-14-32(41)39-22-30-20-28-19-27(21-31(33(28)43-30)25-10-12-29(36)13-11-25)24-6-8-26(9-7-24)34(42)40-17-15-35(37,38)16-18-40/h3-14,19-21H,1,15-18,22H2,2H3,(H,39,41). The van der Waals surface area contributed by atoms with Crippen LogP contribution in [0.2, 0.25) is 0 Å². The third-order valence-corrected chi connectivity index (χ3v) is 7.39. The number of amides is 2. The topological polar surface area (TPSA) is 62.6 Å². The first-order chi connectivity index (χ1) is 20.6. The van der Waals surface area contributed by atoms with Gasteiger partial charge in [0.05, 0.1) is 6.54 Å². The Bertz CT molecular complexity index is 1710. The van der Waals surface area contributed by atoms with Crippen molar-refractivity contribution < 1.29 is 27.2 Å². The lowest BCUT2D eigenvalue weighted by molar-refractivity contribution is -0.116. The predicted octanol–water partition coefficient (Wildman–Crippen LogP) is 8.08. The summed E-state index contributed by atoms with van der Waals surface area (Å²) in [4.78, 5) is 26.7. The van der Waals surface area contributed by atoms with E-state index in [0.717, 1.165) is 33.2 Å². The van der Waals surface area contributed by atoms with Crippen LogP contribution in [-0.2, 0) is 11.3 Å². The average molecular weight is 585 g/mol. The normalized spacial score (nSPS) is 15.2. The largest absolute Gasteiger partial charge is 0.459 e. The second-order valence-electron chi connectivity index (χ2n) is 10.6. The first kappa shape index (κ1) is 29.6. The van der Waals surface area contributed by atoms with Gasteiger partial charge in [0.15, 0.2) is 0 Å². The summed E-state index contributed by atoms with van der Waals surface area (Å²) in [5.41, 5.74) is 5.07. The lowest BCUT2D eigenvalue weighted by atomic mass is 9.96. The van der Waals surface area contributed by atoms with Gasteiger partial charge in [0.2, 0.25) is 5.91 Å². The van der Waals surface area contributed by atoms with Crippen molar-refractivity contribution in [1.29, 1.82) is 0 Å². The Kier molecular flexibility index (Phi) is 8.66. The SMILES string of the molecule is C=CC=C(C)C=CC(=O)NCc1cc2cc(-c3ccc(C(=O)N4CCC(F)(F)CC4)cc3)cc(-c3ccc(F)cc3)c2o1. The minimum atomic E-state index is -2.72. The molecule has 0 aliphatic carbocycles. The minimum absolute atomic E-state index is 0.0246. The second-order valence-corrected chi connectivity index (χ2v) is 10.6. The lowest BCUT2D eigenvalue weighted by Gasteiger charge is -2.31. The molecule has 3 aromatic carbocycles. The molecule has 0 unspecified atom stereocenters. The van der Waals surface area contributed by atoms with Gasteiger partial charge in [-0.1, -0.05) is 54.6 Å².